The summed E-state index contributed by atoms with van der Waals surface area (Å²) in [5, 5.41) is 1.85. The molecule has 0 atom stereocenters. The summed E-state index contributed by atoms with van der Waals surface area (Å²) in [6.07, 6.45) is -2.77. The second kappa shape index (κ2) is 5.79. The Morgan fingerprint density at radius 2 is 2.00 bits per heavy atom. The fraction of sp³-hybridized carbons (Fsp3) is 0.300. The van der Waals surface area contributed by atoms with Crippen molar-refractivity contribution >= 4 is 25.6 Å². The average Bonchev–Trinajstić information content (AvgIpc) is 2.27. The lowest BCUT2D eigenvalue weighted by molar-refractivity contribution is 0.0890. The molecular weight excluding hydrogens is 307 g/mol. The summed E-state index contributed by atoms with van der Waals surface area (Å²) in [7, 11) is 0.855. The molecule has 9 heteroatoms. The number of carbonyl (C=O) groups is 1. The fourth-order valence-corrected chi connectivity index (χ4v) is 2.62. The Hall–Kier alpha value is -1.28. The molecule has 0 heterocycles. The SMILES string of the molecule is Cc1c(C(=O)NCC(F)F)cc(F)cc1S(=O)(=O)Cl. The van der Waals surface area contributed by atoms with Gasteiger partial charge in [0, 0.05) is 16.2 Å². The minimum Gasteiger partial charge on any atom is -0.346 e. The molecule has 19 heavy (non-hydrogen) atoms. The van der Waals surface area contributed by atoms with Crippen molar-refractivity contribution in [1.82, 2.24) is 5.32 Å². The first-order valence-corrected chi connectivity index (χ1v) is 7.25. The molecule has 0 aliphatic carbocycles. The molecule has 0 radical (unpaired) electrons. The van der Waals surface area contributed by atoms with E-state index in [-0.39, 0.29) is 11.1 Å². The van der Waals surface area contributed by atoms with E-state index in [0.29, 0.717) is 6.07 Å². The topological polar surface area (TPSA) is 63.2 Å². The van der Waals surface area contributed by atoms with E-state index in [1.54, 1.807) is 0 Å². The van der Waals surface area contributed by atoms with Gasteiger partial charge in [-0.15, -0.1) is 0 Å². The van der Waals surface area contributed by atoms with E-state index in [1.165, 1.54) is 6.92 Å². The van der Waals surface area contributed by atoms with Gasteiger partial charge < -0.3 is 5.32 Å². The first-order valence-electron chi connectivity index (χ1n) is 4.94. The maximum absolute atomic E-state index is 13.2. The number of amides is 1. The van der Waals surface area contributed by atoms with E-state index in [2.05, 4.69) is 0 Å². The summed E-state index contributed by atoms with van der Waals surface area (Å²) in [6.45, 7) is 0.309. The van der Waals surface area contributed by atoms with Gasteiger partial charge in [-0.25, -0.2) is 21.6 Å². The van der Waals surface area contributed by atoms with Crippen molar-refractivity contribution in [2.45, 2.75) is 18.2 Å². The van der Waals surface area contributed by atoms with Gasteiger partial charge in [-0.2, -0.15) is 0 Å². The molecule has 0 aliphatic rings. The second-order valence-corrected chi connectivity index (χ2v) is 6.15. The molecule has 1 N–H and O–H groups in total. The maximum Gasteiger partial charge on any atom is 0.261 e. The summed E-state index contributed by atoms with van der Waals surface area (Å²) < 4.78 is 59.5. The molecule has 1 rings (SSSR count). The lowest BCUT2D eigenvalue weighted by Gasteiger charge is -2.10. The van der Waals surface area contributed by atoms with Gasteiger partial charge in [0.2, 0.25) is 0 Å². The number of hydrogen-bond donors (Lipinski definition) is 1. The van der Waals surface area contributed by atoms with Crippen molar-refractivity contribution in [3.8, 4) is 0 Å². The van der Waals surface area contributed by atoms with Crippen molar-refractivity contribution in [3.05, 3.63) is 29.1 Å². The van der Waals surface area contributed by atoms with Gasteiger partial charge in [-0.3, -0.25) is 4.79 Å². The lowest BCUT2D eigenvalue weighted by Crippen LogP contribution is -2.29. The predicted octanol–water partition coefficient (Wildman–Crippen LogP) is 2.06. The van der Waals surface area contributed by atoms with Crippen LogP contribution in [0.4, 0.5) is 13.2 Å². The molecule has 0 aromatic heterocycles. The summed E-state index contributed by atoms with van der Waals surface area (Å²) in [5.74, 6) is -2.01. The number of benzene rings is 1. The van der Waals surface area contributed by atoms with E-state index in [4.69, 9.17) is 10.7 Å². The zero-order valence-corrected chi connectivity index (χ0v) is 11.2. The van der Waals surface area contributed by atoms with Gasteiger partial charge in [0.25, 0.3) is 21.4 Å². The van der Waals surface area contributed by atoms with Crippen LogP contribution in [0, 0.1) is 12.7 Å². The van der Waals surface area contributed by atoms with Crippen LogP contribution in [-0.2, 0) is 9.05 Å². The van der Waals surface area contributed by atoms with Crippen LogP contribution in [0.3, 0.4) is 0 Å². The molecule has 0 unspecified atom stereocenters. The molecule has 1 aromatic carbocycles. The largest absolute Gasteiger partial charge is 0.346 e. The molecule has 0 saturated heterocycles. The second-order valence-electron chi connectivity index (χ2n) is 3.62. The highest BCUT2D eigenvalue weighted by Crippen LogP contribution is 2.24. The summed E-state index contributed by atoms with van der Waals surface area (Å²) in [6, 6.07) is 1.41. The van der Waals surface area contributed by atoms with E-state index in [9.17, 15) is 26.4 Å². The number of nitrogens with one attached hydrogen (secondary N) is 1. The zero-order valence-electron chi connectivity index (χ0n) is 9.58. The van der Waals surface area contributed by atoms with Gasteiger partial charge in [-0.1, -0.05) is 0 Å². The number of hydrogen-bond acceptors (Lipinski definition) is 3. The zero-order chi connectivity index (χ0) is 14.8. The Morgan fingerprint density at radius 3 is 2.47 bits per heavy atom. The third kappa shape index (κ3) is 4.10. The molecule has 0 fully saturated rings. The van der Waals surface area contributed by atoms with Crippen molar-refractivity contribution in [1.29, 1.82) is 0 Å². The Balaban J connectivity index is 3.22. The van der Waals surface area contributed by atoms with Crippen molar-refractivity contribution < 1.29 is 26.4 Å². The van der Waals surface area contributed by atoms with Crippen LogP contribution >= 0.6 is 10.7 Å². The first-order chi connectivity index (χ1) is 8.62. The molecule has 0 saturated carbocycles. The molecule has 0 spiro atoms. The number of alkyl halides is 2. The van der Waals surface area contributed by atoms with E-state index in [1.807, 2.05) is 5.32 Å². The Bertz CT molecular complexity index is 604. The van der Waals surface area contributed by atoms with Crippen molar-refractivity contribution in [2.75, 3.05) is 6.54 Å². The maximum atomic E-state index is 13.2. The van der Waals surface area contributed by atoms with Gasteiger partial charge in [0.05, 0.1) is 11.4 Å². The van der Waals surface area contributed by atoms with Crippen molar-refractivity contribution in [2.24, 2.45) is 0 Å². The van der Waals surface area contributed by atoms with Gasteiger partial charge in [-0.05, 0) is 24.6 Å². The minimum absolute atomic E-state index is 0.108. The highest BCUT2D eigenvalue weighted by Gasteiger charge is 2.21. The van der Waals surface area contributed by atoms with Crippen LogP contribution in [0.15, 0.2) is 17.0 Å². The highest BCUT2D eigenvalue weighted by atomic mass is 35.7. The normalized spacial score (nSPS) is 11.7. The third-order valence-electron chi connectivity index (χ3n) is 2.25. The third-order valence-corrected chi connectivity index (χ3v) is 3.70. The van der Waals surface area contributed by atoms with E-state index < -0.39 is 38.6 Å². The average molecular weight is 316 g/mol. The van der Waals surface area contributed by atoms with E-state index in [0.717, 1.165) is 6.07 Å². The predicted molar refractivity (Wildman–Crippen MR) is 62.5 cm³/mol. The fourth-order valence-electron chi connectivity index (χ4n) is 1.41. The standard InChI is InChI=1S/C10H9ClF3NO3S/c1-5-7(10(16)15-4-9(13)14)2-6(12)3-8(5)19(11,17)18/h2-3,9H,4H2,1H3,(H,15,16). The number of halogens is 4. The molecule has 1 aromatic rings. The molecule has 1 amide bonds. The molecule has 0 aliphatic heterocycles. The number of carbonyl (C=O) groups excluding carboxylic acids is 1. The molecule has 106 valence electrons. The van der Waals surface area contributed by atoms with Crippen LogP contribution in [0.25, 0.3) is 0 Å². The number of rotatable bonds is 4. The summed E-state index contributed by atoms with van der Waals surface area (Å²) in [5.41, 5.74) is -0.469. The molecule has 0 bridgehead atoms. The van der Waals surface area contributed by atoms with Crippen LogP contribution in [0.1, 0.15) is 15.9 Å². The lowest BCUT2D eigenvalue weighted by atomic mass is 10.1. The van der Waals surface area contributed by atoms with Gasteiger partial charge >= 0.3 is 0 Å². The first kappa shape index (κ1) is 15.8. The molecular formula is C10H9ClF3NO3S. The van der Waals surface area contributed by atoms with E-state index >= 15 is 0 Å². The van der Waals surface area contributed by atoms with Gasteiger partial charge in [0.1, 0.15) is 5.82 Å². The van der Waals surface area contributed by atoms with Crippen LogP contribution in [0.2, 0.25) is 0 Å². The Labute approximate surface area is 112 Å². The Kier molecular flexibility index (Phi) is 4.81. The monoisotopic (exact) mass is 315 g/mol. The summed E-state index contributed by atoms with van der Waals surface area (Å²) in [4.78, 5) is 11.0. The van der Waals surface area contributed by atoms with Crippen LogP contribution in [0.5, 0.6) is 0 Å². The quantitative estimate of drug-likeness (QED) is 0.865. The van der Waals surface area contributed by atoms with Crippen LogP contribution < -0.4 is 5.32 Å². The minimum atomic E-state index is -4.24. The smallest absolute Gasteiger partial charge is 0.261 e. The van der Waals surface area contributed by atoms with Crippen molar-refractivity contribution in [3.63, 3.8) is 0 Å². The Morgan fingerprint density at radius 1 is 1.42 bits per heavy atom. The van der Waals surface area contributed by atoms with Crippen LogP contribution in [-0.4, -0.2) is 27.3 Å². The van der Waals surface area contributed by atoms with Gasteiger partial charge in [0.15, 0.2) is 0 Å². The highest BCUT2D eigenvalue weighted by molar-refractivity contribution is 8.13. The summed E-state index contributed by atoms with van der Waals surface area (Å²) >= 11 is 0. The molecule has 4 nitrogen and oxygen atoms in total.